The number of nitrogens with zero attached hydrogens (tertiary/aromatic N) is 3. The fourth-order valence-corrected chi connectivity index (χ4v) is 6.27. The Hall–Kier alpha value is -3.46. The summed E-state index contributed by atoms with van der Waals surface area (Å²) in [5, 5.41) is 16.0. The lowest BCUT2D eigenvalue weighted by Gasteiger charge is -2.34. The minimum absolute atomic E-state index is 0.112. The smallest absolute Gasteiger partial charge is 0.184 e. The van der Waals surface area contributed by atoms with Crippen molar-refractivity contribution in [2.75, 3.05) is 19.0 Å². The maximum Gasteiger partial charge on any atom is 0.184 e. The average molecular weight is 499 g/mol. The Morgan fingerprint density at radius 1 is 1.08 bits per heavy atom. The summed E-state index contributed by atoms with van der Waals surface area (Å²) in [6.45, 7) is 0.539. The highest BCUT2D eigenvalue weighted by molar-refractivity contribution is 5.87. The van der Waals surface area contributed by atoms with Gasteiger partial charge in [-0.3, -0.25) is 0 Å². The van der Waals surface area contributed by atoms with E-state index >= 15 is 0 Å². The molecule has 2 fully saturated rings. The van der Waals surface area contributed by atoms with Crippen LogP contribution in [0.2, 0.25) is 0 Å². The lowest BCUT2D eigenvalue weighted by molar-refractivity contribution is -0.249. The van der Waals surface area contributed by atoms with Gasteiger partial charge in [0.15, 0.2) is 6.29 Å². The first kappa shape index (κ1) is 22.7. The van der Waals surface area contributed by atoms with Crippen LogP contribution in [0.15, 0.2) is 67.1 Å². The molecule has 0 bridgehead atoms. The quantitative estimate of drug-likeness (QED) is 0.416. The highest BCUT2D eigenvalue weighted by atomic mass is 16.7. The summed E-state index contributed by atoms with van der Waals surface area (Å²) < 4.78 is 19.7. The minimum Gasteiger partial charge on any atom is -0.497 e. The molecular weight excluding hydrogens is 468 g/mol. The van der Waals surface area contributed by atoms with Crippen LogP contribution in [0.1, 0.15) is 47.9 Å². The molecule has 7 rings (SSSR count). The average Bonchev–Trinajstić information content (AvgIpc) is 3.65. The highest BCUT2D eigenvalue weighted by Gasteiger charge is 2.48. The second-order valence-corrected chi connectivity index (χ2v) is 10.2. The van der Waals surface area contributed by atoms with Gasteiger partial charge in [-0.2, -0.15) is 0 Å². The Kier molecular flexibility index (Phi) is 5.61. The van der Waals surface area contributed by atoms with Gasteiger partial charge >= 0.3 is 0 Å². The van der Waals surface area contributed by atoms with E-state index in [4.69, 9.17) is 14.2 Å². The van der Waals surface area contributed by atoms with Crippen molar-refractivity contribution in [3.8, 4) is 5.75 Å². The van der Waals surface area contributed by atoms with Crippen LogP contribution in [0, 0.1) is 5.92 Å². The maximum atomic E-state index is 11.4. The Bertz CT molecular complexity index is 1420. The summed E-state index contributed by atoms with van der Waals surface area (Å²) in [4.78, 5) is 9.19. The van der Waals surface area contributed by atoms with Crippen LogP contribution in [-0.4, -0.2) is 45.6 Å². The second-order valence-electron chi connectivity index (χ2n) is 10.2. The van der Waals surface area contributed by atoms with Gasteiger partial charge in [0.1, 0.15) is 29.6 Å². The maximum absolute atomic E-state index is 11.4. The van der Waals surface area contributed by atoms with Crippen LogP contribution in [0.25, 0.3) is 11.0 Å². The van der Waals surface area contributed by atoms with Crippen molar-refractivity contribution in [3.05, 3.63) is 83.8 Å². The first-order chi connectivity index (χ1) is 18.2. The standard InChI is InChI=1S/C29H30N4O4/c1-35-20-9-6-18(7-10-20)29-36-15-19-14-24(25(34)26(19)37-29)33-13-12-22-27(30-16-31-28(22)33)32-23-11-8-17-4-2-3-5-21(17)23/h2-7,9-10,12-13,16,19,23-26,29,34H,8,11,14-15H2,1H3,(H,30,31,32)/t19-,23-,24+,25-,26+,29?/m0/s1. The van der Waals surface area contributed by atoms with Crippen molar-refractivity contribution in [1.82, 2.24) is 14.5 Å². The van der Waals surface area contributed by atoms with Gasteiger partial charge in [0.25, 0.3) is 0 Å². The number of benzene rings is 2. The first-order valence-electron chi connectivity index (χ1n) is 12.9. The molecule has 2 aliphatic carbocycles. The summed E-state index contributed by atoms with van der Waals surface area (Å²) >= 11 is 0. The number of aryl methyl sites for hydroxylation is 1. The molecule has 190 valence electrons. The molecular formula is C29H30N4O4. The summed E-state index contributed by atoms with van der Waals surface area (Å²) in [5.41, 5.74) is 4.47. The fraction of sp³-hybridized carbons (Fsp3) is 0.379. The van der Waals surface area contributed by atoms with Gasteiger partial charge in [-0.25, -0.2) is 9.97 Å². The lowest BCUT2D eigenvalue weighted by Crippen LogP contribution is -2.39. The van der Waals surface area contributed by atoms with E-state index in [0.717, 1.165) is 47.4 Å². The van der Waals surface area contributed by atoms with Crippen molar-refractivity contribution < 1.29 is 19.3 Å². The Balaban J connectivity index is 1.12. The molecule has 8 heteroatoms. The van der Waals surface area contributed by atoms with Crippen molar-refractivity contribution in [2.45, 2.75) is 49.8 Å². The molecule has 4 aromatic rings. The van der Waals surface area contributed by atoms with E-state index in [2.05, 4.69) is 44.1 Å². The summed E-state index contributed by atoms with van der Waals surface area (Å²) in [6.07, 6.45) is 5.01. The van der Waals surface area contributed by atoms with Gasteiger partial charge in [0, 0.05) is 17.7 Å². The molecule has 2 aromatic heterocycles. The molecule has 8 nitrogen and oxygen atoms in total. The molecule has 37 heavy (non-hydrogen) atoms. The highest BCUT2D eigenvalue weighted by Crippen LogP contribution is 2.45. The van der Waals surface area contributed by atoms with E-state index in [1.54, 1.807) is 13.4 Å². The SMILES string of the molecule is COc1ccc(C2OC[C@@H]3C[C@@H](n4ccc5c(N[C@H]6CCc7ccccc76)ncnc54)[C@H](O)[C@@H]3O2)cc1. The van der Waals surface area contributed by atoms with E-state index < -0.39 is 12.4 Å². The molecule has 1 saturated carbocycles. The molecule has 0 amide bonds. The molecule has 2 aromatic carbocycles. The van der Waals surface area contributed by atoms with Gasteiger partial charge in [0.05, 0.1) is 37.3 Å². The van der Waals surface area contributed by atoms with Crippen molar-refractivity contribution in [2.24, 2.45) is 5.92 Å². The second kappa shape index (κ2) is 9.13. The summed E-state index contributed by atoms with van der Waals surface area (Å²) in [7, 11) is 1.64. The number of nitrogens with one attached hydrogen (secondary N) is 1. The number of ether oxygens (including phenoxy) is 3. The normalized spacial score (nSPS) is 28.7. The Labute approximate surface area is 215 Å². The summed E-state index contributed by atoms with van der Waals surface area (Å²) in [6, 6.07) is 18.4. The van der Waals surface area contributed by atoms with Crippen LogP contribution in [-0.2, 0) is 15.9 Å². The third-order valence-corrected chi connectivity index (χ3v) is 8.18. The van der Waals surface area contributed by atoms with Gasteiger partial charge in [-0.05, 0) is 48.6 Å². The van der Waals surface area contributed by atoms with E-state index in [0.29, 0.717) is 6.61 Å². The van der Waals surface area contributed by atoms with E-state index in [-0.39, 0.29) is 24.1 Å². The number of aliphatic hydroxyl groups excluding tert-OH is 1. The largest absolute Gasteiger partial charge is 0.497 e. The van der Waals surface area contributed by atoms with Crippen molar-refractivity contribution >= 4 is 16.9 Å². The Morgan fingerprint density at radius 3 is 2.81 bits per heavy atom. The predicted molar refractivity (Wildman–Crippen MR) is 138 cm³/mol. The molecule has 3 heterocycles. The number of aromatic nitrogens is 3. The zero-order valence-corrected chi connectivity index (χ0v) is 20.7. The van der Waals surface area contributed by atoms with Crippen LogP contribution in [0.3, 0.4) is 0 Å². The lowest BCUT2D eigenvalue weighted by atomic mass is 10.0. The van der Waals surface area contributed by atoms with Gasteiger partial charge < -0.3 is 29.2 Å². The number of fused-ring (bicyclic) bond motifs is 3. The Morgan fingerprint density at radius 2 is 1.95 bits per heavy atom. The molecule has 1 aliphatic heterocycles. The number of rotatable bonds is 5. The monoisotopic (exact) mass is 498 g/mol. The molecule has 1 saturated heterocycles. The summed E-state index contributed by atoms with van der Waals surface area (Å²) in [5.74, 6) is 1.72. The zero-order chi connectivity index (χ0) is 24.9. The van der Waals surface area contributed by atoms with Crippen LogP contribution in [0.5, 0.6) is 5.75 Å². The predicted octanol–water partition coefficient (Wildman–Crippen LogP) is 4.58. The molecule has 0 radical (unpaired) electrons. The number of hydrogen-bond acceptors (Lipinski definition) is 7. The van der Waals surface area contributed by atoms with Gasteiger partial charge in [-0.1, -0.05) is 36.4 Å². The van der Waals surface area contributed by atoms with Crippen molar-refractivity contribution in [3.63, 3.8) is 0 Å². The van der Waals surface area contributed by atoms with Crippen LogP contribution >= 0.6 is 0 Å². The topological polar surface area (TPSA) is 90.7 Å². The number of anilines is 1. The van der Waals surface area contributed by atoms with Crippen LogP contribution in [0.4, 0.5) is 5.82 Å². The van der Waals surface area contributed by atoms with Crippen molar-refractivity contribution in [1.29, 1.82) is 0 Å². The van der Waals surface area contributed by atoms with E-state index in [1.165, 1.54) is 11.1 Å². The fourth-order valence-electron chi connectivity index (χ4n) is 6.27. The van der Waals surface area contributed by atoms with E-state index in [1.807, 2.05) is 36.5 Å². The minimum atomic E-state index is -0.668. The van der Waals surface area contributed by atoms with Gasteiger partial charge in [-0.15, -0.1) is 0 Å². The number of hydrogen-bond donors (Lipinski definition) is 2. The molecule has 0 spiro atoms. The third kappa shape index (κ3) is 3.87. The first-order valence-corrected chi connectivity index (χ1v) is 12.9. The third-order valence-electron chi connectivity index (χ3n) is 8.18. The number of aliphatic hydroxyl groups is 1. The molecule has 3 aliphatic rings. The molecule has 6 atom stereocenters. The molecule has 2 N–H and O–H groups in total. The number of methoxy groups -OCH3 is 1. The molecule has 1 unspecified atom stereocenters. The van der Waals surface area contributed by atoms with E-state index in [9.17, 15) is 5.11 Å². The van der Waals surface area contributed by atoms with Crippen LogP contribution < -0.4 is 10.1 Å². The zero-order valence-electron chi connectivity index (χ0n) is 20.7. The van der Waals surface area contributed by atoms with Gasteiger partial charge in [0.2, 0.25) is 0 Å².